The van der Waals surface area contributed by atoms with Crippen molar-refractivity contribution in [2.75, 3.05) is 5.73 Å². The Bertz CT molecular complexity index is 641. The molecule has 2 aromatic carbocycles. The Morgan fingerprint density at radius 2 is 1.80 bits per heavy atom. The zero-order chi connectivity index (χ0) is 14.9. The molecule has 0 bridgehead atoms. The van der Waals surface area contributed by atoms with Crippen molar-refractivity contribution in [3.63, 3.8) is 0 Å². The summed E-state index contributed by atoms with van der Waals surface area (Å²) in [6.07, 6.45) is -4.52. The second-order valence-electron chi connectivity index (χ2n) is 4.26. The highest BCUT2D eigenvalue weighted by atomic mass is 35.5. The first-order valence-corrected chi connectivity index (χ1v) is 6.06. The van der Waals surface area contributed by atoms with Crippen molar-refractivity contribution in [3.8, 4) is 11.5 Å². The Morgan fingerprint density at radius 3 is 2.45 bits per heavy atom. The van der Waals surface area contributed by atoms with Gasteiger partial charge in [-0.25, -0.2) is 0 Å². The minimum atomic E-state index is -4.52. The highest BCUT2D eigenvalue weighted by molar-refractivity contribution is 6.30. The summed E-state index contributed by atoms with van der Waals surface area (Å²) in [6, 6.07) is 8.35. The van der Waals surface area contributed by atoms with Gasteiger partial charge in [0.1, 0.15) is 11.5 Å². The number of aryl methyl sites for hydroxylation is 1. The number of alkyl halides is 3. The fourth-order valence-electron chi connectivity index (χ4n) is 1.66. The van der Waals surface area contributed by atoms with Crippen LogP contribution in [-0.2, 0) is 6.18 Å². The molecule has 0 fully saturated rings. The van der Waals surface area contributed by atoms with Crippen LogP contribution in [0.1, 0.15) is 11.1 Å². The molecule has 6 heteroatoms. The first-order chi connectivity index (χ1) is 9.27. The number of nitrogens with two attached hydrogens (primary N) is 1. The average molecular weight is 302 g/mol. The smallest absolute Gasteiger partial charge is 0.418 e. The summed E-state index contributed by atoms with van der Waals surface area (Å²) in [5, 5.41) is 0.442. The summed E-state index contributed by atoms with van der Waals surface area (Å²) in [7, 11) is 0. The van der Waals surface area contributed by atoms with Crippen LogP contribution in [0.3, 0.4) is 0 Å². The van der Waals surface area contributed by atoms with Crippen LogP contribution in [0.2, 0.25) is 5.02 Å². The number of nitrogen functional groups attached to an aromatic ring is 1. The molecule has 106 valence electrons. The number of benzene rings is 2. The summed E-state index contributed by atoms with van der Waals surface area (Å²) >= 11 is 5.83. The maximum absolute atomic E-state index is 12.8. The van der Waals surface area contributed by atoms with Crippen molar-refractivity contribution in [3.05, 3.63) is 52.5 Å². The highest BCUT2D eigenvalue weighted by Gasteiger charge is 2.33. The van der Waals surface area contributed by atoms with Gasteiger partial charge in [-0.15, -0.1) is 0 Å². The lowest BCUT2D eigenvalue weighted by molar-refractivity contribution is -0.137. The first-order valence-electron chi connectivity index (χ1n) is 5.68. The standard InChI is InChI=1S/C14H11ClF3NO/c1-8-2-3-9(15)6-13(8)20-10-4-5-12(19)11(7-10)14(16,17)18/h2-7H,19H2,1H3. The van der Waals surface area contributed by atoms with Crippen molar-refractivity contribution >= 4 is 17.3 Å². The van der Waals surface area contributed by atoms with E-state index in [2.05, 4.69) is 0 Å². The van der Waals surface area contributed by atoms with E-state index in [4.69, 9.17) is 22.1 Å². The van der Waals surface area contributed by atoms with Crippen molar-refractivity contribution < 1.29 is 17.9 Å². The van der Waals surface area contributed by atoms with Gasteiger partial charge in [0, 0.05) is 10.7 Å². The zero-order valence-electron chi connectivity index (χ0n) is 10.5. The van der Waals surface area contributed by atoms with Gasteiger partial charge in [0.15, 0.2) is 0 Å². The van der Waals surface area contributed by atoms with Crippen LogP contribution >= 0.6 is 11.6 Å². The summed E-state index contributed by atoms with van der Waals surface area (Å²) in [5.74, 6) is 0.451. The molecule has 0 aliphatic heterocycles. The second-order valence-corrected chi connectivity index (χ2v) is 4.70. The van der Waals surface area contributed by atoms with Gasteiger partial charge in [-0.05, 0) is 42.8 Å². The predicted molar refractivity (Wildman–Crippen MR) is 72.1 cm³/mol. The van der Waals surface area contributed by atoms with Crippen LogP contribution in [0.5, 0.6) is 11.5 Å². The molecular weight excluding hydrogens is 291 g/mol. The topological polar surface area (TPSA) is 35.2 Å². The third-order valence-corrected chi connectivity index (χ3v) is 2.94. The summed E-state index contributed by atoms with van der Waals surface area (Å²) < 4.78 is 43.7. The lowest BCUT2D eigenvalue weighted by atomic mass is 10.1. The van der Waals surface area contributed by atoms with Gasteiger partial charge >= 0.3 is 6.18 Å². The van der Waals surface area contributed by atoms with Crippen LogP contribution in [0.25, 0.3) is 0 Å². The van der Waals surface area contributed by atoms with E-state index in [0.29, 0.717) is 10.8 Å². The maximum Gasteiger partial charge on any atom is 0.418 e. The van der Waals surface area contributed by atoms with Gasteiger partial charge in [0.2, 0.25) is 0 Å². The molecule has 0 aliphatic rings. The van der Waals surface area contributed by atoms with E-state index < -0.39 is 11.7 Å². The number of rotatable bonds is 2. The monoisotopic (exact) mass is 301 g/mol. The van der Waals surface area contributed by atoms with Crippen LogP contribution in [0.4, 0.5) is 18.9 Å². The molecule has 2 rings (SSSR count). The molecule has 0 heterocycles. The third-order valence-electron chi connectivity index (χ3n) is 2.71. The fraction of sp³-hybridized carbons (Fsp3) is 0.143. The van der Waals surface area contributed by atoms with Gasteiger partial charge in [-0.2, -0.15) is 13.2 Å². The maximum atomic E-state index is 12.8. The SMILES string of the molecule is Cc1ccc(Cl)cc1Oc1ccc(N)c(C(F)(F)F)c1. The summed E-state index contributed by atoms with van der Waals surface area (Å²) in [5.41, 5.74) is 4.83. The van der Waals surface area contributed by atoms with Crippen LogP contribution in [0, 0.1) is 6.92 Å². The number of ether oxygens (including phenoxy) is 1. The van der Waals surface area contributed by atoms with E-state index in [1.807, 2.05) is 0 Å². The lowest BCUT2D eigenvalue weighted by Gasteiger charge is -2.13. The molecule has 0 unspecified atom stereocenters. The molecule has 0 saturated heterocycles. The average Bonchev–Trinajstić information content (AvgIpc) is 2.35. The second kappa shape index (κ2) is 5.25. The van der Waals surface area contributed by atoms with E-state index in [9.17, 15) is 13.2 Å². The molecule has 0 aliphatic carbocycles. The quantitative estimate of drug-likeness (QED) is 0.789. The van der Waals surface area contributed by atoms with Crippen molar-refractivity contribution in [1.82, 2.24) is 0 Å². The van der Waals surface area contributed by atoms with Crippen molar-refractivity contribution in [2.24, 2.45) is 0 Å². The molecule has 0 atom stereocenters. The zero-order valence-corrected chi connectivity index (χ0v) is 11.2. The van der Waals surface area contributed by atoms with Gasteiger partial charge in [-0.3, -0.25) is 0 Å². The van der Waals surface area contributed by atoms with E-state index >= 15 is 0 Å². The molecule has 20 heavy (non-hydrogen) atoms. The number of halogens is 4. The van der Waals surface area contributed by atoms with Gasteiger partial charge < -0.3 is 10.5 Å². The normalized spacial score (nSPS) is 11.4. The van der Waals surface area contributed by atoms with Crippen LogP contribution in [-0.4, -0.2) is 0 Å². The van der Waals surface area contributed by atoms with E-state index in [1.165, 1.54) is 6.07 Å². The molecule has 0 radical (unpaired) electrons. The van der Waals surface area contributed by atoms with Crippen molar-refractivity contribution in [2.45, 2.75) is 13.1 Å². The molecule has 0 saturated carbocycles. The molecule has 0 spiro atoms. The van der Waals surface area contributed by atoms with Gasteiger partial charge in [-0.1, -0.05) is 17.7 Å². The fourth-order valence-corrected chi connectivity index (χ4v) is 1.82. The lowest BCUT2D eigenvalue weighted by Crippen LogP contribution is -2.08. The van der Waals surface area contributed by atoms with Crippen molar-refractivity contribution in [1.29, 1.82) is 0 Å². The molecule has 0 aromatic heterocycles. The first kappa shape index (κ1) is 14.5. The Morgan fingerprint density at radius 1 is 1.10 bits per heavy atom. The van der Waals surface area contributed by atoms with E-state index in [0.717, 1.165) is 17.7 Å². The molecule has 2 nitrogen and oxygen atoms in total. The van der Waals surface area contributed by atoms with E-state index in [1.54, 1.807) is 25.1 Å². The summed E-state index contributed by atoms with van der Waals surface area (Å²) in [4.78, 5) is 0. The Labute approximate surface area is 118 Å². The van der Waals surface area contributed by atoms with Crippen LogP contribution in [0.15, 0.2) is 36.4 Å². The molecule has 0 amide bonds. The number of anilines is 1. The van der Waals surface area contributed by atoms with Crippen LogP contribution < -0.4 is 10.5 Å². The Balaban J connectivity index is 2.37. The largest absolute Gasteiger partial charge is 0.457 e. The predicted octanol–water partition coefficient (Wildman–Crippen LogP) is 5.04. The molecular formula is C14H11ClF3NO. The Hall–Kier alpha value is -1.88. The number of hydrogen-bond acceptors (Lipinski definition) is 2. The summed E-state index contributed by atoms with van der Waals surface area (Å²) in [6.45, 7) is 1.77. The molecule has 2 aromatic rings. The Kier molecular flexibility index (Phi) is 3.81. The third kappa shape index (κ3) is 3.17. The molecule has 2 N–H and O–H groups in total. The highest BCUT2D eigenvalue weighted by Crippen LogP contribution is 2.37. The minimum absolute atomic E-state index is 0.0527. The number of hydrogen-bond donors (Lipinski definition) is 1. The van der Waals surface area contributed by atoms with E-state index in [-0.39, 0.29) is 11.4 Å². The van der Waals surface area contributed by atoms with Gasteiger partial charge in [0.25, 0.3) is 0 Å². The van der Waals surface area contributed by atoms with Gasteiger partial charge in [0.05, 0.1) is 5.56 Å². The minimum Gasteiger partial charge on any atom is -0.457 e.